The van der Waals surface area contributed by atoms with E-state index < -0.39 is 5.25 Å². The number of amides is 2. The zero-order valence-electron chi connectivity index (χ0n) is 19.7. The number of para-hydroxylation sites is 1. The average Bonchev–Trinajstić information content (AvgIpc) is 3.44. The maximum atomic E-state index is 13.1. The Hall–Kier alpha value is -3.53. The van der Waals surface area contributed by atoms with Crippen molar-refractivity contribution in [3.63, 3.8) is 0 Å². The van der Waals surface area contributed by atoms with E-state index in [0.29, 0.717) is 33.1 Å². The van der Waals surface area contributed by atoms with Crippen LogP contribution in [0.15, 0.2) is 77.8 Å². The second kappa shape index (κ2) is 10.8. The highest BCUT2D eigenvalue weighted by atomic mass is 35.5. The molecule has 1 unspecified atom stereocenters. The number of hydrogen-bond donors (Lipinski definition) is 1. The highest BCUT2D eigenvalue weighted by Crippen LogP contribution is 2.34. The molecule has 1 aliphatic heterocycles. The molecule has 1 aliphatic rings. The molecule has 0 saturated carbocycles. The SMILES string of the molecule is CCN1C(=O)C(CC(=O)Nc2ccc(Cl)cc2C(=O)c2ccccc2)SC1=Nc1nc2ccccc2s1. The van der Waals surface area contributed by atoms with Crippen molar-refractivity contribution in [1.29, 1.82) is 0 Å². The van der Waals surface area contributed by atoms with Gasteiger partial charge in [-0.3, -0.25) is 19.3 Å². The van der Waals surface area contributed by atoms with Gasteiger partial charge in [-0.1, -0.05) is 77.2 Å². The number of nitrogens with zero attached hydrogens (tertiary/aromatic N) is 3. The summed E-state index contributed by atoms with van der Waals surface area (Å²) in [5, 5.41) is 3.63. The summed E-state index contributed by atoms with van der Waals surface area (Å²) in [7, 11) is 0. The first-order chi connectivity index (χ1) is 17.9. The molecule has 7 nitrogen and oxygen atoms in total. The predicted molar refractivity (Wildman–Crippen MR) is 150 cm³/mol. The van der Waals surface area contributed by atoms with Crippen molar-refractivity contribution < 1.29 is 14.4 Å². The fourth-order valence-electron chi connectivity index (χ4n) is 3.93. The van der Waals surface area contributed by atoms with Gasteiger partial charge in [0.15, 0.2) is 11.0 Å². The van der Waals surface area contributed by atoms with Gasteiger partial charge in [-0.25, -0.2) is 4.98 Å². The number of hydrogen-bond acceptors (Lipinski definition) is 7. The molecule has 1 aromatic heterocycles. The Labute approximate surface area is 226 Å². The van der Waals surface area contributed by atoms with E-state index in [-0.39, 0.29) is 29.6 Å². The third kappa shape index (κ3) is 5.44. The summed E-state index contributed by atoms with van der Waals surface area (Å²) in [6.07, 6.45) is -0.0690. The third-order valence-electron chi connectivity index (χ3n) is 5.72. The van der Waals surface area contributed by atoms with Crippen LogP contribution in [0.5, 0.6) is 0 Å². The Morgan fingerprint density at radius 1 is 1.08 bits per heavy atom. The smallest absolute Gasteiger partial charge is 0.242 e. The summed E-state index contributed by atoms with van der Waals surface area (Å²) in [6.45, 7) is 2.30. The molecule has 186 valence electrons. The molecule has 0 radical (unpaired) electrons. The highest BCUT2D eigenvalue weighted by molar-refractivity contribution is 8.15. The van der Waals surface area contributed by atoms with Gasteiger partial charge in [0.25, 0.3) is 0 Å². The summed E-state index contributed by atoms with van der Waals surface area (Å²) in [5.41, 5.74) is 1.96. The van der Waals surface area contributed by atoms with E-state index in [1.165, 1.54) is 29.2 Å². The third-order valence-corrected chi connectivity index (χ3v) is 8.06. The molecule has 2 amide bonds. The number of thioether (sulfide) groups is 1. The number of aromatic nitrogens is 1. The molecule has 5 rings (SSSR count). The molecular weight excluding hydrogens is 528 g/mol. The van der Waals surface area contributed by atoms with Crippen LogP contribution >= 0.6 is 34.7 Å². The van der Waals surface area contributed by atoms with Gasteiger partial charge in [0.2, 0.25) is 16.9 Å². The van der Waals surface area contributed by atoms with E-state index in [4.69, 9.17) is 11.6 Å². The minimum atomic E-state index is -0.631. The monoisotopic (exact) mass is 548 g/mol. The number of nitrogens with one attached hydrogen (secondary N) is 1. The van der Waals surface area contributed by atoms with Crippen LogP contribution in [0.25, 0.3) is 10.2 Å². The van der Waals surface area contributed by atoms with E-state index in [0.717, 1.165) is 10.2 Å². The van der Waals surface area contributed by atoms with Crippen molar-refractivity contribution in [1.82, 2.24) is 9.88 Å². The van der Waals surface area contributed by atoms with Crippen LogP contribution in [0.1, 0.15) is 29.3 Å². The lowest BCUT2D eigenvalue weighted by molar-refractivity contribution is -0.128. The summed E-state index contributed by atoms with van der Waals surface area (Å²) in [6, 6.07) is 21.2. The number of aliphatic imine (C=N–C) groups is 1. The average molecular weight is 549 g/mol. The molecule has 1 N–H and O–H groups in total. The van der Waals surface area contributed by atoms with Crippen LogP contribution in [0.2, 0.25) is 5.02 Å². The summed E-state index contributed by atoms with van der Waals surface area (Å²) in [5.74, 6) is -0.820. The van der Waals surface area contributed by atoms with E-state index in [9.17, 15) is 14.4 Å². The van der Waals surface area contributed by atoms with Gasteiger partial charge in [0.1, 0.15) is 5.25 Å². The van der Waals surface area contributed by atoms with Crippen LogP contribution in [0.4, 0.5) is 10.8 Å². The normalized spacial score (nSPS) is 16.5. The molecule has 3 aromatic carbocycles. The zero-order chi connectivity index (χ0) is 25.9. The number of rotatable bonds is 7. The standard InChI is InChI=1S/C27H21ClN4O3S2/c1-2-32-25(35)22(37-27(32)31-26-30-20-10-6-7-11-21(20)36-26)15-23(33)29-19-13-12-17(28)14-18(19)24(34)16-8-4-3-5-9-16/h3-14,22H,2,15H2,1H3,(H,29,33). The minimum Gasteiger partial charge on any atom is -0.325 e. The van der Waals surface area contributed by atoms with Gasteiger partial charge in [0, 0.05) is 29.1 Å². The maximum Gasteiger partial charge on any atom is 0.242 e. The molecule has 1 atom stereocenters. The Kier molecular flexibility index (Phi) is 7.36. The van der Waals surface area contributed by atoms with Gasteiger partial charge >= 0.3 is 0 Å². The van der Waals surface area contributed by atoms with Crippen LogP contribution < -0.4 is 5.32 Å². The van der Waals surface area contributed by atoms with E-state index in [1.54, 1.807) is 41.3 Å². The quantitative estimate of drug-likeness (QED) is 0.279. The first-order valence-electron chi connectivity index (χ1n) is 11.5. The Morgan fingerprint density at radius 3 is 2.59 bits per heavy atom. The van der Waals surface area contributed by atoms with E-state index >= 15 is 0 Å². The zero-order valence-corrected chi connectivity index (χ0v) is 22.1. The second-order valence-corrected chi connectivity index (χ2v) is 10.8. The van der Waals surface area contributed by atoms with Gasteiger partial charge in [-0.15, -0.1) is 0 Å². The Morgan fingerprint density at radius 2 is 1.84 bits per heavy atom. The number of halogens is 1. The van der Waals surface area contributed by atoms with Crippen LogP contribution in [-0.4, -0.2) is 44.4 Å². The van der Waals surface area contributed by atoms with Crippen LogP contribution in [-0.2, 0) is 9.59 Å². The van der Waals surface area contributed by atoms with Crippen molar-refractivity contribution in [2.75, 3.05) is 11.9 Å². The molecule has 1 fully saturated rings. The fraction of sp³-hybridized carbons (Fsp3) is 0.148. The summed E-state index contributed by atoms with van der Waals surface area (Å²) >= 11 is 8.84. The summed E-state index contributed by atoms with van der Waals surface area (Å²) in [4.78, 5) is 49.8. The number of benzene rings is 3. The van der Waals surface area contributed by atoms with Gasteiger partial charge in [-0.05, 0) is 37.3 Å². The van der Waals surface area contributed by atoms with Crippen molar-refractivity contribution in [2.45, 2.75) is 18.6 Å². The number of carbonyl (C=O) groups excluding carboxylic acids is 3. The molecule has 0 spiro atoms. The molecule has 10 heteroatoms. The summed E-state index contributed by atoms with van der Waals surface area (Å²) < 4.78 is 1.01. The first-order valence-corrected chi connectivity index (χ1v) is 13.6. The molecule has 0 aliphatic carbocycles. The largest absolute Gasteiger partial charge is 0.325 e. The lowest BCUT2D eigenvalue weighted by atomic mass is 10.0. The first kappa shape index (κ1) is 25.1. The fourth-order valence-corrected chi connectivity index (χ4v) is 6.20. The van der Waals surface area contributed by atoms with Crippen molar-refractivity contribution in [3.8, 4) is 0 Å². The van der Waals surface area contributed by atoms with Crippen molar-refractivity contribution >= 4 is 78.5 Å². The Bertz CT molecular complexity index is 1500. The molecular formula is C27H21ClN4O3S2. The molecule has 0 bridgehead atoms. The van der Waals surface area contributed by atoms with Crippen molar-refractivity contribution in [2.24, 2.45) is 4.99 Å². The molecule has 1 saturated heterocycles. The van der Waals surface area contributed by atoms with Crippen molar-refractivity contribution in [3.05, 3.63) is 88.9 Å². The number of thiazole rings is 1. The lowest BCUT2D eigenvalue weighted by Gasteiger charge is -2.14. The number of ketones is 1. The number of carbonyl (C=O) groups is 3. The molecule has 2 heterocycles. The van der Waals surface area contributed by atoms with E-state index in [1.807, 2.05) is 37.3 Å². The maximum absolute atomic E-state index is 13.1. The molecule has 4 aromatic rings. The van der Waals surface area contributed by atoms with Gasteiger partial charge in [0.05, 0.1) is 15.9 Å². The number of amidine groups is 1. The predicted octanol–water partition coefficient (Wildman–Crippen LogP) is 6.16. The van der Waals surface area contributed by atoms with E-state index in [2.05, 4.69) is 15.3 Å². The number of fused-ring (bicyclic) bond motifs is 1. The van der Waals surface area contributed by atoms with Gasteiger partial charge in [-0.2, -0.15) is 4.99 Å². The van der Waals surface area contributed by atoms with Gasteiger partial charge < -0.3 is 5.32 Å². The highest BCUT2D eigenvalue weighted by Gasteiger charge is 2.38. The second-order valence-electron chi connectivity index (χ2n) is 8.18. The topological polar surface area (TPSA) is 91.7 Å². The van der Waals surface area contributed by atoms with Crippen LogP contribution in [0.3, 0.4) is 0 Å². The molecule has 37 heavy (non-hydrogen) atoms. The Balaban J connectivity index is 1.33. The van der Waals surface area contributed by atoms with Crippen LogP contribution in [0, 0.1) is 0 Å². The number of anilines is 1. The lowest BCUT2D eigenvalue weighted by Crippen LogP contribution is -2.33. The minimum absolute atomic E-state index is 0.0690.